The molecule has 2 rings (SSSR count). The summed E-state index contributed by atoms with van der Waals surface area (Å²) in [6, 6.07) is 7.60. The van der Waals surface area contributed by atoms with Gasteiger partial charge in [-0.1, -0.05) is 29.3 Å². The van der Waals surface area contributed by atoms with Crippen molar-refractivity contribution in [1.29, 1.82) is 0 Å². The van der Waals surface area contributed by atoms with Crippen molar-refractivity contribution in [3.8, 4) is 5.75 Å². The van der Waals surface area contributed by atoms with Crippen LogP contribution in [0.5, 0.6) is 5.75 Å². The molecule has 0 aliphatic carbocycles. The Bertz CT molecular complexity index is 561. The lowest BCUT2D eigenvalue weighted by Gasteiger charge is -2.12. The number of nitrogens with zero attached hydrogens (tertiary/aromatic N) is 1. The number of hydrogen-bond acceptors (Lipinski definition) is 2. The van der Waals surface area contributed by atoms with Gasteiger partial charge in [-0.25, -0.2) is 0 Å². The Hall–Kier alpha value is -1.29. The van der Waals surface area contributed by atoms with Crippen LogP contribution in [0.3, 0.4) is 0 Å². The van der Waals surface area contributed by atoms with E-state index in [-0.39, 0.29) is 0 Å². The van der Waals surface area contributed by atoms with Crippen LogP contribution in [0.15, 0.2) is 36.7 Å². The molecule has 0 radical (unpaired) electrons. The van der Waals surface area contributed by atoms with E-state index in [9.17, 15) is 0 Å². The van der Waals surface area contributed by atoms with E-state index in [1.165, 1.54) is 5.56 Å². The SMILES string of the molecule is CCOc1c(Cl)cc(Cl)cc1C[NH2+]Cc1cccnc1. The summed E-state index contributed by atoms with van der Waals surface area (Å²) >= 11 is 12.2. The zero-order valence-electron chi connectivity index (χ0n) is 11.3. The monoisotopic (exact) mass is 311 g/mol. The molecule has 20 heavy (non-hydrogen) atoms. The van der Waals surface area contributed by atoms with Crippen molar-refractivity contribution in [2.45, 2.75) is 20.0 Å². The Kier molecular flexibility index (Phi) is 5.65. The highest BCUT2D eigenvalue weighted by atomic mass is 35.5. The maximum Gasteiger partial charge on any atom is 0.146 e. The molecule has 0 aliphatic rings. The molecule has 106 valence electrons. The Morgan fingerprint density at radius 3 is 2.80 bits per heavy atom. The van der Waals surface area contributed by atoms with Gasteiger partial charge in [0.1, 0.15) is 18.8 Å². The summed E-state index contributed by atoms with van der Waals surface area (Å²) in [7, 11) is 0. The van der Waals surface area contributed by atoms with Crippen LogP contribution < -0.4 is 10.1 Å². The number of halogens is 2. The largest absolute Gasteiger partial charge is 0.492 e. The second-order valence-corrected chi connectivity index (χ2v) is 5.21. The smallest absolute Gasteiger partial charge is 0.146 e. The van der Waals surface area contributed by atoms with Crippen LogP contribution in [0.1, 0.15) is 18.1 Å². The van der Waals surface area contributed by atoms with Gasteiger partial charge in [0.05, 0.1) is 17.2 Å². The topological polar surface area (TPSA) is 38.7 Å². The third-order valence-electron chi connectivity index (χ3n) is 2.84. The van der Waals surface area contributed by atoms with E-state index in [0.717, 1.165) is 24.4 Å². The summed E-state index contributed by atoms with van der Waals surface area (Å²) in [6.45, 7) is 4.12. The van der Waals surface area contributed by atoms with Crippen LogP contribution in [0.25, 0.3) is 0 Å². The minimum atomic E-state index is 0.559. The highest BCUT2D eigenvalue weighted by Gasteiger charge is 2.11. The normalized spacial score (nSPS) is 10.6. The van der Waals surface area contributed by atoms with Gasteiger partial charge in [0.25, 0.3) is 0 Å². The molecule has 0 fully saturated rings. The first kappa shape index (κ1) is 15.1. The fourth-order valence-corrected chi connectivity index (χ4v) is 2.57. The van der Waals surface area contributed by atoms with Gasteiger partial charge >= 0.3 is 0 Å². The molecular formula is C15H17Cl2N2O+. The standard InChI is InChI=1S/C15H16Cl2N2O/c1-2-20-15-12(6-13(16)7-14(15)17)10-19-9-11-4-3-5-18-8-11/h3-8,19H,2,9-10H2,1H3/p+1. The van der Waals surface area contributed by atoms with Gasteiger partial charge < -0.3 is 10.1 Å². The first-order valence-corrected chi connectivity index (χ1v) is 7.27. The summed E-state index contributed by atoms with van der Waals surface area (Å²) in [5, 5.41) is 3.36. The highest BCUT2D eigenvalue weighted by Crippen LogP contribution is 2.31. The Morgan fingerprint density at radius 2 is 2.10 bits per heavy atom. The minimum absolute atomic E-state index is 0.559. The molecule has 2 aromatic rings. The summed E-state index contributed by atoms with van der Waals surface area (Å²) in [5.41, 5.74) is 2.19. The number of quaternary nitrogens is 1. The zero-order valence-corrected chi connectivity index (χ0v) is 12.8. The second kappa shape index (κ2) is 7.48. The number of nitrogens with two attached hydrogens (primary N) is 1. The van der Waals surface area contributed by atoms with E-state index in [2.05, 4.69) is 16.4 Å². The molecule has 0 atom stereocenters. The quantitative estimate of drug-likeness (QED) is 0.890. The van der Waals surface area contributed by atoms with E-state index >= 15 is 0 Å². The van der Waals surface area contributed by atoms with Crippen molar-refractivity contribution in [3.63, 3.8) is 0 Å². The van der Waals surface area contributed by atoms with Crippen LogP contribution in [-0.2, 0) is 13.1 Å². The van der Waals surface area contributed by atoms with Crippen molar-refractivity contribution in [2.75, 3.05) is 6.61 Å². The van der Waals surface area contributed by atoms with E-state index in [1.807, 2.05) is 25.3 Å². The van der Waals surface area contributed by atoms with E-state index in [4.69, 9.17) is 27.9 Å². The maximum absolute atomic E-state index is 6.18. The third kappa shape index (κ3) is 4.10. The first-order chi connectivity index (χ1) is 9.70. The predicted molar refractivity (Wildman–Crippen MR) is 81.2 cm³/mol. The van der Waals surface area contributed by atoms with Gasteiger partial charge in [-0.3, -0.25) is 4.98 Å². The molecule has 2 N–H and O–H groups in total. The van der Waals surface area contributed by atoms with E-state index in [0.29, 0.717) is 16.7 Å². The number of ether oxygens (including phenoxy) is 1. The van der Waals surface area contributed by atoms with Crippen molar-refractivity contribution < 1.29 is 10.1 Å². The average molecular weight is 312 g/mol. The van der Waals surface area contributed by atoms with Crippen LogP contribution in [0.4, 0.5) is 0 Å². The molecule has 5 heteroatoms. The summed E-state index contributed by atoms with van der Waals surface area (Å²) in [5.74, 6) is 0.723. The number of aromatic nitrogens is 1. The highest BCUT2D eigenvalue weighted by molar-refractivity contribution is 6.35. The molecule has 0 spiro atoms. The molecule has 1 heterocycles. The number of benzene rings is 1. The molecule has 0 bridgehead atoms. The van der Waals surface area contributed by atoms with Gasteiger partial charge in [0.15, 0.2) is 0 Å². The molecule has 0 unspecified atom stereocenters. The van der Waals surface area contributed by atoms with Crippen LogP contribution in [-0.4, -0.2) is 11.6 Å². The minimum Gasteiger partial charge on any atom is -0.492 e. The molecule has 1 aromatic carbocycles. The third-order valence-corrected chi connectivity index (χ3v) is 3.34. The van der Waals surface area contributed by atoms with Crippen molar-refractivity contribution in [3.05, 3.63) is 57.8 Å². The fraction of sp³-hybridized carbons (Fsp3) is 0.267. The lowest BCUT2D eigenvalue weighted by molar-refractivity contribution is -0.686. The van der Waals surface area contributed by atoms with E-state index in [1.54, 1.807) is 12.3 Å². The van der Waals surface area contributed by atoms with Gasteiger partial charge in [-0.15, -0.1) is 0 Å². The molecule has 0 saturated carbocycles. The van der Waals surface area contributed by atoms with Crippen LogP contribution >= 0.6 is 23.2 Å². The first-order valence-electron chi connectivity index (χ1n) is 6.52. The van der Waals surface area contributed by atoms with Gasteiger partial charge in [-0.2, -0.15) is 0 Å². The number of hydrogen-bond donors (Lipinski definition) is 1. The van der Waals surface area contributed by atoms with Gasteiger partial charge in [0.2, 0.25) is 0 Å². The van der Waals surface area contributed by atoms with E-state index < -0.39 is 0 Å². The average Bonchev–Trinajstić information content (AvgIpc) is 2.43. The van der Waals surface area contributed by atoms with Gasteiger partial charge in [0, 0.05) is 23.0 Å². The Morgan fingerprint density at radius 1 is 1.25 bits per heavy atom. The maximum atomic E-state index is 6.18. The summed E-state index contributed by atoms with van der Waals surface area (Å²) in [6.07, 6.45) is 3.64. The molecule has 0 aliphatic heterocycles. The predicted octanol–water partition coefficient (Wildman–Crippen LogP) is 3.05. The summed E-state index contributed by atoms with van der Waals surface area (Å²) < 4.78 is 5.60. The lowest BCUT2D eigenvalue weighted by Crippen LogP contribution is -2.80. The number of rotatable bonds is 6. The molecular weight excluding hydrogens is 295 g/mol. The van der Waals surface area contributed by atoms with Crippen molar-refractivity contribution in [1.82, 2.24) is 4.98 Å². The van der Waals surface area contributed by atoms with Crippen LogP contribution in [0, 0.1) is 0 Å². The molecule has 1 aromatic heterocycles. The fourth-order valence-electron chi connectivity index (χ4n) is 1.98. The number of pyridine rings is 1. The lowest BCUT2D eigenvalue weighted by atomic mass is 10.2. The zero-order chi connectivity index (χ0) is 14.4. The Labute approximate surface area is 128 Å². The molecule has 0 amide bonds. The van der Waals surface area contributed by atoms with Crippen LogP contribution in [0.2, 0.25) is 10.0 Å². The van der Waals surface area contributed by atoms with Crippen molar-refractivity contribution in [2.24, 2.45) is 0 Å². The summed E-state index contributed by atoms with van der Waals surface area (Å²) in [4.78, 5) is 4.10. The Balaban J connectivity index is 2.05. The van der Waals surface area contributed by atoms with Crippen molar-refractivity contribution >= 4 is 23.2 Å². The van der Waals surface area contributed by atoms with Gasteiger partial charge in [-0.05, 0) is 25.1 Å². The molecule has 3 nitrogen and oxygen atoms in total. The second-order valence-electron chi connectivity index (χ2n) is 4.37. The molecule has 0 saturated heterocycles.